The van der Waals surface area contributed by atoms with E-state index in [0.717, 1.165) is 6.20 Å². The quantitative estimate of drug-likeness (QED) is 0.603. The molecule has 0 saturated carbocycles. The first kappa shape index (κ1) is 10.1. The summed E-state index contributed by atoms with van der Waals surface area (Å²) in [7, 11) is 0. The van der Waals surface area contributed by atoms with E-state index in [9.17, 15) is 18.0 Å². The second-order valence-electron chi connectivity index (χ2n) is 3.66. The smallest absolute Gasteiger partial charge is 0.288 e. The van der Waals surface area contributed by atoms with Gasteiger partial charge in [0.05, 0.1) is 17.5 Å². The summed E-state index contributed by atoms with van der Waals surface area (Å²) in [5, 5.41) is 3.23. The van der Waals surface area contributed by atoms with E-state index in [1.807, 2.05) is 0 Å². The van der Waals surface area contributed by atoms with E-state index in [1.54, 1.807) is 12.1 Å². The van der Waals surface area contributed by atoms with Crippen molar-refractivity contribution in [1.29, 1.82) is 0 Å². The Bertz CT molecular complexity index is 628. The highest BCUT2D eigenvalue weighted by Gasteiger charge is 2.40. The number of benzene rings is 1. The maximum atomic E-state index is 12.7. The Morgan fingerprint density at radius 2 is 1.71 bits per heavy atom. The third-order valence-corrected chi connectivity index (χ3v) is 2.68. The van der Waals surface area contributed by atoms with Gasteiger partial charge < -0.3 is 0 Å². The number of carbonyl (C=O) groups is 1. The summed E-state index contributed by atoms with van der Waals surface area (Å²) in [6, 6.07) is 6.21. The Kier molecular flexibility index (Phi) is 1.76. The Balaban J connectivity index is 2.34. The van der Waals surface area contributed by atoms with Crippen molar-refractivity contribution in [2.75, 3.05) is 0 Å². The molecule has 2 aromatic rings. The number of alkyl halides is 3. The lowest BCUT2D eigenvalue weighted by Crippen LogP contribution is -2.19. The van der Waals surface area contributed by atoms with Gasteiger partial charge in [-0.15, -0.1) is 13.2 Å². The largest absolute Gasteiger partial charge is 0.505 e. The van der Waals surface area contributed by atoms with Crippen LogP contribution in [0.5, 0.6) is 0 Å². The summed E-state index contributed by atoms with van der Waals surface area (Å²) in [5.41, 5.74) is 0.404. The molecule has 0 fully saturated rings. The highest BCUT2D eigenvalue weighted by molar-refractivity contribution is 6.20. The maximum absolute atomic E-state index is 12.7. The molecule has 0 amide bonds. The molecule has 0 aliphatic heterocycles. The molecule has 6 heteroatoms. The van der Waals surface area contributed by atoms with Gasteiger partial charge in [0.25, 0.3) is 0 Å². The molecule has 3 nitrogen and oxygen atoms in total. The maximum Gasteiger partial charge on any atom is 0.505 e. The van der Waals surface area contributed by atoms with Crippen LogP contribution in [0.1, 0.15) is 15.9 Å². The van der Waals surface area contributed by atoms with Crippen LogP contribution in [-0.4, -0.2) is 15.6 Å². The van der Waals surface area contributed by atoms with Gasteiger partial charge in [0.2, 0.25) is 0 Å². The first-order valence-electron chi connectivity index (χ1n) is 4.79. The molecule has 3 rings (SSSR count). The van der Waals surface area contributed by atoms with Crippen molar-refractivity contribution >= 4 is 5.78 Å². The van der Waals surface area contributed by atoms with E-state index in [-0.39, 0.29) is 27.1 Å². The van der Waals surface area contributed by atoms with Crippen LogP contribution >= 0.6 is 0 Å². The topological polar surface area (TPSA) is 34.9 Å². The fraction of sp³-hybridized carbons (Fsp3) is 0.0909. The number of hydrogen-bond donors (Lipinski definition) is 0. The molecule has 1 aliphatic carbocycles. The Morgan fingerprint density at radius 3 is 2.35 bits per heavy atom. The number of halogens is 3. The predicted molar refractivity (Wildman–Crippen MR) is 52.4 cm³/mol. The Hall–Kier alpha value is -2.11. The van der Waals surface area contributed by atoms with Crippen LogP contribution in [0.4, 0.5) is 13.2 Å². The third kappa shape index (κ3) is 1.23. The molecule has 0 atom stereocenters. The molecule has 0 unspecified atom stereocenters. The normalized spacial score (nSPS) is 13.7. The average Bonchev–Trinajstić information content (AvgIpc) is 2.80. The minimum absolute atomic E-state index is 0.00326. The van der Waals surface area contributed by atoms with Gasteiger partial charge in [0.1, 0.15) is 0 Å². The molecule has 1 aliphatic rings. The first-order chi connectivity index (χ1) is 8.00. The van der Waals surface area contributed by atoms with Crippen LogP contribution in [-0.2, 0) is 6.30 Å². The number of aromatic nitrogens is 2. The highest BCUT2D eigenvalue weighted by Crippen LogP contribution is 2.39. The van der Waals surface area contributed by atoms with Crippen molar-refractivity contribution in [1.82, 2.24) is 9.78 Å². The van der Waals surface area contributed by atoms with Gasteiger partial charge in [-0.05, 0) is 0 Å². The standard InChI is InChI=1S/C11H5F3N2O/c12-11(13,14)16-9-6-3-1-2-4-7(6)10(17)8(9)5-15-16/h1-5H. The first-order valence-corrected chi connectivity index (χ1v) is 4.79. The molecule has 0 saturated heterocycles. The van der Waals surface area contributed by atoms with Crippen LogP contribution < -0.4 is 0 Å². The molecule has 0 N–H and O–H groups in total. The van der Waals surface area contributed by atoms with Crippen LogP contribution in [0.25, 0.3) is 11.3 Å². The van der Waals surface area contributed by atoms with Gasteiger partial charge in [-0.3, -0.25) is 4.79 Å². The number of rotatable bonds is 0. The molecule has 86 valence electrons. The third-order valence-electron chi connectivity index (χ3n) is 2.68. The molecule has 17 heavy (non-hydrogen) atoms. The number of hydrogen-bond acceptors (Lipinski definition) is 2. The van der Waals surface area contributed by atoms with E-state index in [1.165, 1.54) is 12.1 Å². The zero-order valence-corrected chi connectivity index (χ0v) is 8.32. The summed E-state index contributed by atoms with van der Waals surface area (Å²) in [5.74, 6) is -0.411. The lowest BCUT2D eigenvalue weighted by molar-refractivity contribution is -0.210. The molecule has 1 heterocycles. The predicted octanol–water partition coefficient (Wildman–Crippen LogP) is 2.57. The van der Waals surface area contributed by atoms with Crippen LogP contribution in [0, 0.1) is 0 Å². The minimum atomic E-state index is -4.62. The van der Waals surface area contributed by atoms with Gasteiger partial charge in [0.15, 0.2) is 5.78 Å². The van der Waals surface area contributed by atoms with Gasteiger partial charge in [-0.25, -0.2) is 0 Å². The Labute approximate surface area is 93.5 Å². The molecule has 1 aromatic carbocycles. The van der Waals surface area contributed by atoms with Gasteiger partial charge >= 0.3 is 6.30 Å². The highest BCUT2D eigenvalue weighted by atomic mass is 19.4. The second-order valence-corrected chi connectivity index (χ2v) is 3.66. The zero-order chi connectivity index (χ0) is 12.2. The Morgan fingerprint density at radius 1 is 1.06 bits per heavy atom. The van der Waals surface area contributed by atoms with Crippen molar-refractivity contribution in [2.45, 2.75) is 6.30 Å². The van der Waals surface area contributed by atoms with Crippen LogP contribution in [0.15, 0.2) is 30.5 Å². The molecule has 0 spiro atoms. The molecule has 0 bridgehead atoms. The number of ketones is 1. The van der Waals surface area contributed by atoms with Crippen molar-refractivity contribution in [2.24, 2.45) is 0 Å². The van der Waals surface area contributed by atoms with E-state index in [0.29, 0.717) is 0 Å². The number of nitrogens with zero attached hydrogens (tertiary/aromatic N) is 2. The summed E-state index contributed by atoms with van der Waals surface area (Å²) in [6.07, 6.45) is -3.66. The molecule has 0 radical (unpaired) electrons. The fourth-order valence-electron chi connectivity index (χ4n) is 2.00. The monoisotopic (exact) mass is 238 g/mol. The molecular formula is C11H5F3N2O. The van der Waals surface area contributed by atoms with Gasteiger partial charge in [0, 0.05) is 11.1 Å². The van der Waals surface area contributed by atoms with E-state index in [2.05, 4.69) is 5.10 Å². The van der Waals surface area contributed by atoms with Crippen molar-refractivity contribution in [3.8, 4) is 11.3 Å². The van der Waals surface area contributed by atoms with E-state index in [4.69, 9.17) is 0 Å². The average molecular weight is 238 g/mol. The van der Waals surface area contributed by atoms with E-state index < -0.39 is 12.1 Å². The van der Waals surface area contributed by atoms with Crippen molar-refractivity contribution < 1.29 is 18.0 Å². The van der Waals surface area contributed by atoms with Gasteiger partial charge in [-0.2, -0.15) is 9.78 Å². The minimum Gasteiger partial charge on any atom is -0.288 e. The number of carbonyl (C=O) groups excluding carboxylic acids is 1. The summed E-state index contributed by atoms with van der Waals surface area (Å²) < 4.78 is 38.0. The second kappa shape index (κ2) is 2.97. The molecule has 1 aromatic heterocycles. The molecular weight excluding hydrogens is 233 g/mol. The van der Waals surface area contributed by atoms with Crippen LogP contribution in [0.2, 0.25) is 0 Å². The SMILES string of the molecule is O=C1c2ccccc2-c2c1cnn2C(F)(F)F. The lowest BCUT2D eigenvalue weighted by Gasteiger charge is -2.09. The zero-order valence-electron chi connectivity index (χ0n) is 8.32. The van der Waals surface area contributed by atoms with E-state index >= 15 is 0 Å². The van der Waals surface area contributed by atoms with Gasteiger partial charge in [-0.1, -0.05) is 24.3 Å². The summed E-state index contributed by atoms with van der Waals surface area (Å²) in [6.45, 7) is 0. The lowest BCUT2D eigenvalue weighted by atomic mass is 10.1. The number of fused-ring (bicyclic) bond motifs is 3. The van der Waals surface area contributed by atoms with Crippen molar-refractivity contribution in [3.63, 3.8) is 0 Å². The summed E-state index contributed by atoms with van der Waals surface area (Å²) >= 11 is 0. The van der Waals surface area contributed by atoms with Crippen molar-refractivity contribution in [3.05, 3.63) is 41.6 Å². The fourth-order valence-corrected chi connectivity index (χ4v) is 2.00. The summed E-state index contributed by atoms with van der Waals surface area (Å²) in [4.78, 5) is 11.8. The van der Waals surface area contributed by atoms with Crippen LogP contribution in [0.3, 0.4) is 0 Å².